The summed E-state index contributed by atoms with van der Waals surface area (Å²) in [7, 11) is 0. The van der Waals surface area contributed by atoms with Gasteiger partial charge in [0.25, 0.3) is 0 Å². The molecule has 0 aliphatic carbocycles. The van der Waals surface area contributed by atoms with Crippen LogP contribution < -0.4 is 15.4 Å². The summed E-state index contributed by atoms with van der Waals surface area (Å²) in [5, 5.41) is 8.91. The van der Waals surface area contributed by atoms with Gasteiger partial charge in [-0.25, -0.2) is 9.78 Å². The van der Waals surface area contributed by atoms with Crippen molar-refractivity contribution in [1.82, 2.24) is 14.9 Å². The van der Waals surface area contributed by atoms with E-state index in [9.17, 15) is 4.79 Å². The van der Waals surface area contributed by atoms with E-state index in [1.807, 2.05) is 30.3 Å². The number of imidazole rings is 1. The number of nitrogens with two attached hydrogens (primary N) is 1. The number of nitrogens with one attached hydrogen (secondary N) is 1. The number of primary amides is 1. The van der Waals surface area contributed by atoms with Gasteiger partial charge < -0.3 is 25.3 Å². The molecule has 2 aromatic carbocycles. The molecule has 1 fully saturated rings. The Kier molecular flexibility index (Phi) is 5.82. The Morgan fingerprint density at radius 1 is 1.17 bits per heavy atom. The number of benzene rings is 2. The molecule has 2 heterocycles. The molecule has 1 saturated heterocycles. The molecule has 3 aromatic rings. The number of carbonyl (C=O) groups is 1. The number of aromatic amines is 1. The average molecular weight is 404 g/mol. The van der Waals surface area contributed by atoms with Gasteiger partial charge >= 0.3 is 6.09 Å². The summed E-state index contributed by atoms with van der Waals surface area (Å²) < 4.78 is 5.07. The predicted octanol–water partition coefficient (Wildman–Crippen LogP) is 2.65. The van der Waals surface area contributed by atoms with Crippen molar-refractivity contribution in [2.24, 2.45) is 5.73 Å². The molecule has 0 atom stereocenters. The molecule has 154 valence electrons. The molecule has 0 saturated carbocycles. The van der Waals surface area contributed by atoms with Gasteiger partial charge in [0.15, 0.2) is 5.75 Å². The highest BCUT2D eigenvalue weighted by Gasteiger charge is 2.19. The molecule has 1 amide bonds. The Labute approximate surface area is 174 Å². The average Bonchev–Trinajstić information content (AvgIpc) is 3.05. The molecule has 4 rings (SSSR count). The number of anilines is 1. The maximum Gasteiger partial charge on any atom is 0.410 e. The van der Waals surface area contributed by atoms with Gasteiger partial charge in [-0.15, -0.1) is 0 Å². The van der Waals surface area contributed by atoms with E-state index < -0.39 is 6.09 Å². The number of aromatic nitrogens is 2. The van der Waals surface area contributed by atoms with Crippen LogP contribution in [0.1, 0.15) is 17.5 Å². The first-order valence-electron chi connectivity index (χ1n) is 10.0. The van der Waals surface area contributed by atoms with E-state index >= 15 is 0 Å². The molecule has 8 nitrogen and oxygen atoms in total. The molecule has 0 unspecified atom stereocenters. The fourth-order valence-corrected chi connectivity index (χ4v) is 3.77. The van der Waals surface area contributed by atoms with Gasteiger partial charge in [-0.3, -0.25) is 0 Å². The largest absolute Gasteiger partial charge is 0.410 e. The van der Waals surface area contributed by atoms with Gasteiger partial charge in [-0.1, -0.05) is 18.2 Å². The third-order valence-electron chi connectivity index (χ3n) is 5.36. The molecule has 1 aliphatic rings. The number of rotatable bonds is 5. The standard InChI is InChI=1S/C22H24N6O2/c23-15-17-7-5-16(6-8-17)9-12-27-10-2-11-28(14-13-27)22-25-18-3-1-4-19(20(18)26-22)30-21(24)29/h1,3-8H,2,9-14H2,(H2,24,29)(H,25,26). The summed E-state index contributed by atoms with van der Waals surface area (Å²) in [6, 6.07) is 15.4. The van der Waals surface area contributed by atoms with E-state index in [0.29, 0.717) is 16.8 Å². The number of nitriles is 1. The van der Waals surface area contributed by atoms with E-state index in [1.54, 1.807) is 12.1 Å². The van der Waals surface area contributed by atoms with Crippen LogP contribution in [0.4, 0.5) is 10.7 Å². The Balaban J connectivity index is 1.39. The number of para-hydroxylation sites is 1. The third kappa shape index (κ3) is 4.53. The smallest absolute Gasteiger partial charge is 0.408 e. The normalized spacial score (nSPS) is 15.0. The highest BCUT2D eigenvalue weighted by molar-refractivity contribution is 5.86. The Morgan fingerprint density at radius 3 is 2.77 bits per heavy atom. The van der Waals surface area contributed by atoms with Crippen LogP contribution in [0.25, 0.3) is 11.0 Å². The van der Waals surface area contributed by atoms with Crippen LogP contribution in [0.15, 0.2) is 42.5 Å². The molecule has 1 aliphatic heterocycles. The van der Waals surface area contributed by atoms with E-state index in [0.717, 1.165) is 57.0 Å². The van der Waals surface area contributed by atoms with Crippen LogP contribution in [0, 0.1) is 11.3 Å². The van der Waals surface area contributed by atoms with Crippen molar-refractivity contribution in [1.29, 1.82) is 5.26 Å². The summed E-state index contributed by atoms with van der Waals surface area (Å²) in [6.07, 6.45) is 1.15. The zero-order valence-electron chi connectivity index (χ0n) is 16.7. The number of amides is 1. The van der Waals surface area contributed by atoms with Gasteiger partial charge in [-0.05, 0) is 49.2 Å². The summed E-state index contributed by atoms with van der Waals surface area (Å²) in [6.45, 7) is 4.72. The minimum Gasteiger partial charge on any atom is -0.408 e. The van der Waals surface area contributed by atoms with Crippen LogP contribution in [-0.2, 0) is 6.42 Å². The van der Waals surface area contributed by atoms with Crippen LogP contribution in [0.3, 0.4) is 0 Å². The number of ether oxygens (including phenoxy) is 1. The Hall–Kier alpha value is -3.57. The number of H-pyrrole nitrogens is 1. The molecular formula is C22H24N6O2. The second kappa shape index (κ2) is 8.84. The van der Waals surface area contributed by atoms with Gasteiger partial charge in [0.1, 0.15) is 5.52 Å². The van der Waals surface area contributed by atoms with Gasteiger partial charge in [0, 0.05) is 26.2 Å². The van der Waals surface area contributed by atoms with Crippen molar-refractivity contribution in [3.8, 4) is 11.8 Å². The Morgan fingerprint density at radius 2 is 2.00 bits per heavy atom. The molecule has 0 spiro atoms. The SMILES string of the molecule is N#Cc1ccc(CCN2CCCN(c3nc4c(OC(N)=O)cccc4[nH]3)CC2)cc1. The third-order valence-corrected chi connectivity index (χ3v) is 5.36. The zero-order chi connectivity index (χ0) is 20.9. The minimum atomic E-state index is -0.847. The van der Waals surface area contributed by atoms with Crippen LogP contribution in [0.2, 0.25) is 0 Å². The Bertz CT molecular complexity index is 1070. The highest BCUT2D eigenvalue weighted by atomic mass is 16.5. The summed E-state index contributed by atoms with van der Waals surface area (Å²) >= 11 is 0. The second-order valence-corrected chi connectivity index (χ2v) is 7.37. The number of fused-ring (bicyclic) bond motifs is 1. The van der Waals surface area contributed by atoms with Gasteiger partial charge in [0.2, 0.25) is 5.95 Å². The predicted molar refractivity (Wildman–Crippen MR) is 114 cm³/mol. The summed E-state index contributed by atoms with van der Waals surface area (Å²) in [5.41, 5.74) is 8.51. The molecule has 30 heavy (non-hydrogen) atoms. The quantitative estimate of drug-likeness (QED) is 0.676. The fourth-order valence-electron chi connectivity index (χ4n) is 3.77. The topological polar surface area (TPSA) is 111 Å². The van der Waals surface area contributed by atoms with Crippen LogP contribution >= 0.6 is 0 Å². The van der Waals surface area contributed by atoms with Crippen molar-refractivity contribution >= 4 is 23.1 Å². The molecule has 0 radical (unpaired) electrons. The van der Waals surface area contributed by atoms with Crippen LogP contribution in [-0.4, -0.2) is 53.7 Å². The fraction of sp³-hybridized carbons (Fsp3) is 0.318. The van der Waals surface area contributed by atoms with Crippen molar-refractivity contribution in [2.45, 2.75) is 12.8 Å². The molecular weight excluding hydrogens is 380 g/mol. The summed E-state index contributed by atoms with van der Waals surface area (Å²) in [4.78, 5) is 23.8. The maximum atomic E-state index is 11.1. The zero-order valence-corrected chi connectivity index (χ0v) is 16.7. The van der Waals surface area contributed by atoms with Crippen molar-refractivity contribution in [3.05, 3.63) is 53.6 Å². The lowest BCUT2D eigenvalue weighted by atomic mass is 10.1. The minimum absolute atomic E-state index is 0.362. The molecule has 0 bridgehead atoms. The van der Waals surface area contributed by atoms with E-state index in [4.69, 9.17) is 15.7 Å². The number of hydrogen-bond donors (Lipinski definition) is 2. The highest BCUT2D eigenvalue weighted by Crippen LogP contribution is 2.26. The van der Waals surface area contributed by atoms with E-state index in [2.05, 4.69) is 25.8 Å². The van der Waals surface area contributed by atoms with Crippen LogP contribution in [0.5, 0.6) is 5.75 Å². The number of hydrogen-bond acceptors (Lipinski definition) is 6. The first kappa shape index (κ1) is 19.7. The van der Waals surface area contributed by atoms with E-state index in [1.165, 1.54) is 5.56 Å². The van der Waals surface area contributed by atoms with Crippen molar-refractivity contribution in [3.63, 3.8) is 0 Å². The van der Waals surface area contributed by atoms with Gasteiger partial charge in [-0.2, -0.15) is 5.26 Å². The van der Waals surface area contributed by atoms with Gasteiger partial charge in [0.05, 0.1) is 17.1 Å². The first-order chi connectivity index (χ1) is 14.6. The van der Waals surface area contributed by atoms with Crippen molar-refractivity contribution in [2.75, 3.05) is 37.6 Å². The van der Waals surface area contributed by atoms with Crippen molar-refractivity contribution < 1.29 is 9.53 Å². The number of carbonyl (C=O) groups excluding carboxylic acids is 1. The lowest BCUT2D eigenvalue weighted by molar-refractivity contribution is 0.211. The monoisotopic (exact) mass is 404 g/mol. The molecule has 3 N–H and O–H groups in total. The number of nitrogens with zero attached hydrogens (tertiary/aromatic N) is 4. The molecule has 1 aromatic heterocycles. The molecule has 8 heteroatoms. The lowest BCUT2D eigenvalue weighted by Gasteiger charge is -2.21. The lowest BCUT2D eigenvalue weighted by Crippen LogP contribution is -2.32. The van der Waals surface area contributed by atoms with E-state index in [-0.39, 0.29) is 0 Å². The summed E-state index contributed by atoms with van der Waals surface area (Å²) in [5.74, 6) is 1.14. The first-order valence-corrected chi connectivity index (χ1v) is 10.0. The maximum absolute atomic E-state index is 11.1. The second-order valence-electron chi connectivity index (χ2n) is 7.37.